The third-order valence-electron chi connectivity index (χ3n) is 14.9. The predicted octanol–water partition coefficient (Wildman–Crippen LogP) is -0.238. The summed E-state index contributed by atoms with van der Waals surface area (Å²) in [6, 6.07) is 6.53. The second-order valence-corrected chi connectivity index (χ2v) is 20.9. The molecule has 13 N–H and O–H groups in total. The molecule has 25 nitrogen and oxygen atoms in total. The number of Topliss-reactive ketones (excluding diaryl/α,β-unsaturated/α-hetero) is 1. The van der Waals surface area contributed by atoms with Gasteiger partial charge in [0.05, 0.1) is 18.1 Å². The Morgan fingerprint density at radius 2 is 1.31 bits per heavy atom. The van der Waals surface area contributed by atoms with Gasteiger partial charge in [-0.3, -0.25) is 53.4 Å². The minimum absolute atomic E-state index is 0.0736. The number of imidazole rings is 1. The van der Waals surface area contributed by atoms with Gasteiger partial charge in [0.25, 0.3) is 0 Å². The number of amides is 9. The molecule has 0 aliphatic carbocycles. The summed E-state index contributed by atoms with van der Waals surface area (Å²) in [5.74, 6) is -6.39. The Hall–Kier alpha value is -8.64. The van der Waals surface area contributed by atoms with Crippen molar-refractivity contribution in [2.75, 3.05) is 26.2 Å². The highest BCUT2D eigenvalue weighted by atomic mass is 16.2. The van der Waals surface area contributed by atoms with Crippen molar-refractivity contribution in [2.24, 2.45) is 5.73 Å². The van der Waals surface area contributed by atoms with Crippen LogP contribution in [-0.4, -0.2) is 164 Å². The largest absolute Gasteiger partial charge is 0.370 e. The van der Waals surface area contributed by atoms with Crippen LogP contribution in [-0.2, 0) is 67.2 Å². The lowest BCUT2D eigenvalue weighted by Crippen LogP contribution is -2.61. The lowest BCUT2D eigenvalue weighted by molar-refractivity contribution is -0.147. The molecule has 9 amide bonds. The topological polar surface area (TPSA) is 368 Å². The number of carbonyl (C=O) groups is 10. The number of aromatic nitrogens is 3. The number of hydrogen-bond donors (Lipinski definition) is 12. The van der Waals surface area contributed by atoms with E-state index in [4.69, 9.17) is 11.1 Å². The van der Waals surface area contributed by atoms with Gasteiger partial charge in [-0.25, -0.2) is 4.98 Å². The zero-order valence-electron chi connectivity index (χ0n) is 45.8. The number of rotatable bonds is 14. The molecular formula is C56H75N15O10. The molecule has 0 spiro atoms. The number of carbonyl (C=O) groups excluding carboxylic acids is 10. The van der Waals surface area contributed by atoms with Crippen LogP contribution >= 0.6 is 0 Å². The van der Waals surface area contributed by atoms with Crippen LogP contribution in [0.3, 0.4) is 0 Å². The van der Waals surface area contributed by atoms with Crippen LogP contribution in [0, 0.1) is 5.41 Å². The van der Waals surface area contributed by atoms with Crippen molar-refractivity contribution < 1.29 is 47.9 Å². The van der Waals surface area contributed by atoms with E-state index in [-0.39, 0.29) is 88.7 Å². The molecule has 0 saturated carbocycles. The summed E-state index contributed by atoms with van der Waals surface area (Å²) in [4.78, 5) is 155. The normalized spacial score (nSPS) is 24.1. The summed E-state index contributed by atoms with van der Waals surface area (Å²) in [7, 11) is 0. The van der Waals surface area contributed by atoms with Crippen molar-refractivity contribution in [3.8, 4) is 0 Å². The third-order valence-corrected chi connectivity index (χ3v) is 14.9. The zero-order valence-corrected chi connectivity index (χ0v) is 45.8. The van der Waals surface area contributed by atoms with Crippen molar-refractivity contribution in [3.63, 3.8) is 0 Å². The van der Waals surface area contributed by atoms with Gasteiger partial charge in [-0.15, -0.1) is 0 Å². The molecule has 2 aromatic carbocycles. The smallest absolute Gasteiger partial charge is 0.245 e. The van der Waals surface area contributed by atoms with Crippen molar-refractivity contribution in [1.29, 1.82) is 5.41 Å². The second kappa shape index (κ2) is 29.0. The van der Waals surface area contributed by atoms with Crippen molar-refractivity contribution in [3.05, 3.63) is 90.1 Å². The molecule has 2 aromatic heterocycles. The van der Waals surface area contributed by atoms with Crippen molar-refractivity contribution >= 4 is 75.8 Å². The number of nitrogens with zero attached hydrogens (tertiary/aromatic N) is 3. The minimum Gasteiger partial charge on any atom is -0.370 e. The number of fused-ring (bicyclic) bond motifs is 1. The standard InChI is InChI=1S/C56H75N15O10/c1-33(72)46-19-11-25-70(46)55(81)47-20-12-26-71(47)54(80)42-21-22-48(74)60-23-9-8-17-40(64-34(2)73)49(75)69-45(29-37-31-59-32-63-37)53(79)67-43(27-35-13-4-3-5-14-35)51(77)65-41(18-10-24-61-56(57)58)50(76)68-44(52(78)66-42)28-36-30-62-39-16-7-6-15-38(36)39/h3-7,13-16,30-32,40-47,62H,8-12,17-29H2,1-2H3,(H,59,63)(H,60,74)(H,64,73)(H,65,77)(H,66,78)(H,67,79)(H,68,76)(H,69,75)(H4,57,58,61)/t40-,41-,42-,43+,44-,45-,46-,47-/m0/s1. The lowest BCUT2D eigenvalue weighted by Gasteiger charge is -2.33. The van der Waals surface area contributed by atoms with Crippen LogP contribution in [0.25, 0.3) is 10.9 Å². The van der Waals surface area contributed by atoms with Gasteiger partial charge < -0.3 is 68.0 Å². The molecule has 3 aliphatic heterocycles. The molecule has 4 aromatic rings. The van der Waals surface area contributed by atoms with Crippen LogP contribution in [0.2, 0.25) is 0 Å². The van der Waals surface area contributed by atoms with E-state index in [1.807, 2.05) is 24.3 Å². The van der Waals surface area contributed by atoms with Gasteiger partial charge in [-0.05, 0) is 88.3 Å². The van der Waals surface area contributed by atoms with Crippen molar-refractivity contribution in [1.82, 2.24) is 67.3 Å². The molecule has 0 radical (unpaired) electrons. The third kappa shape index (κ3) is 16.9. The van der Waals surface area contributed by atoms with Crippen LogP contribution in [0.5, 0.6) is 0 Å². The number of ketones is 1. The number of nitrogens with one attached hydrogen (secondary N) is 11. The van der Waals surface area contributed by atoms with Gasteiger partial charge in [0.15, 0.2) is 11.7 Å². The molecule has 0 unspecified atom stereocenters. The number of hydrogen-bond acceptors (Lipinski definition) is 12. The Labute approximate surface area is 469 Å². The van der Waals surface area contributed by atoms with Gasteiger partial charge in [0, 0.05) is 82.1 Å². The zero-order chi connectivity index (χ0) is 58.0. The summed E-state index contributed by atoms with van der Waals surface area (Å²) in [5.41, 5.74) is 7.97. The molecule has 434 valence electrons. The van der Waals surface area contributed by atoms with Crippen LogP contribution in [0.15, 0.2) is 73.3 Å². The van der Waals surface area contributed by atoms with E-state index in [1.54, 1.807) is 42.7 Å². The van der Waals surface area contributed by atoms with E-state index < -0.39 is 95.6 Å². The number of aromatic amines is 2. The first-order valence-corrected chi connectivity index (χ1v) is 27.8. The second-order valence-electron chi connectivity index (χ2n) is 20.9. The number of guanidine groups is 1. The molecule has 8 atom stereocenters. The monoisotopic (exact) mass is 1120 g/mol. The van der Waals surface area contributed by atoms with Gasteiger partial charge in [0.1, 0.15) is 42.3 Å². The highest BCUT2D eigenvalue weighted by molar-refractivity contribution is 5.99. The van der Waals surface area contributed by atoms with E-state index in [2.05, 4.69) is 57.5 Å². The van der Waals surface area contributed by atoms with Crippen LogP contribution in [0.4, 0.5) is 0 Å². The fourth-order valence-electron chi connectivity index (χ4n) is 10.7. The van der Waals surface area contributed by atoms with Crippen molar-refractivity contribution in [2.45, 2.75) is 152 Å². The molecule has 81 heavy (non-hydrogen) atoms. The summed E-state index contributed by atoms with van der Waals surface area (Å²) >= 11 is 0. The highest BCUT2D eigenvalue weighted by Gasteiger charge is 2.44. The van der Waals surface area contributed by atoms with E-state index >= 15 is 4.79 Å². The van der Waals surface area contributed by atoms with E-state index in [9.17, 15) is 43.2 Å². The quantitative estimate of drug-likeness (QED) is 0.0442. The lowest BCUT2D eigenvalue weighted by atomic mass is 10.0. The summed E-state index contributed by atoms with van der Waals surface area (Å²) < 4.78 is 0. The molecular weight excluding hydrogens is 1040 g/mol. The van der Waals surface area contributed by atoms with Gasteiger partial charge in [-0.1, -0.05) is 48.5 Å². The summed E-state index contributed by atoms with van der Waals surface area (Å²) in [6.45, 7) is 3.43. The maximum atomic E-state index is 15.1. The minimum atomic E-state index is -1.43. The number of benzene rings is 2. The Morgan fingerprint density at radius 1 is 0.679 bits per heavy atom. The van der Waals surface area contributed by atoms with E-state index in [0.717, 1.165) is 10.9 Å². The van der Waals surface area contributed by atoms with Gasteiger partial charge >= 0.3 is 0 Å². The maximum Gasteiger partial charge on any atom is 0.245 e. The fraction of sp³-hybridized carbons (Fsp3) is 0.500. The highest BCUT2D eigenvalue weighted by Crippen LogP contribution is 2.27. The van der Waals surface area contributed by atoms with E-state index in [0.29, 0.717) is 61.9 Å². The first kappa shape index (κ1) is 60.0. The van der Waals surface area contributed by atoms with E-state index in [1.165, 1.54) is 30.0 Å². The molecule has 7 rings (SSSR count). The molecule has 5 heterocycles. The number of likely N-dealkylation sites (tertiary alicyclic amines) is 2. The Morgan fingerprint density at radius 3 is 2.00 bits per heavy atom. The summed E-state index contributed by atoms with van der Waals surface area (Å²) in [5, 5.41) is 30.7. The number of nitrogens with two attached hydrogens (primary N) is 1. The molecule has 25 heteroatoms. The van der Waals surface area contributed by atoms with Crippen LogP contribution < -0.4 is 48.3 Å². The average molecular weight is 1120 g/mol. The predicted molar refractivity (Wildman–Crippen MR) is 297 cm³/mol. The number of H-pyrrole nitrogens is 2. The molecule has 3 saturated heterocycles. The summed E-state index contributed by atoms with van der Waals surface area (Å²) in [6.07, 6.45) is 6.60. The maximum absolute atomic E-state index is 15.1. The molecule has 0 bridgehead atoms. The first-order chi connectivity index (χ1) is 38.9. The number of para-hydroxylation sites is 1. The van der Waals surface area contributed by atoms with Gasteiger partial charge in [0.2, 0.25) is 53.2 Å². The Balaban J connectivity index is 1.25. The molecule has 3 fully saturated rings. The SMILES string of the molecule is CC(=O)N[C@H]1CCCCNC(=O)CC[C@@H](C(=O)N2CCC[C@H]2C(=O)N2CCC[C@H]2C(C)=O)NC(=O)[C@H](Cc2c[nH]c3ccccc23)NC(=O)[C@H](CCCNC(=N)N)NC(=O)[C@@H](Cc2ccccc2)NC(=O)[C@H](Cc2c[nH]cn2)NC1=O. The fourth-order valence-corrected chi connectivity index (χ4v) is 10.7. The first-order valence-electron chi connectivity index (χ1n) is 27.8. The van der Waals surface area contributed by atoms with Crippen LogP contribution in [0.1, 0.15) is 101 Å². The Bertz CT molecular complexity index is 2900. The van der Waals surface area contributed by atoms with Gasteiger partial charge in [-0.2, -0.15) is 0 Å². The Kier molecular flexibility index (Phi) is 21.5. The molecule has 3 aliphatic rings. The average Bonchev–Trinajstić information content (AvgIpc) is 4.35.